The van der Waals surface area contributed by atoms with Gasteiger partial charge in [-0.15, -0.1) is 12.4 Å². The van der Waals surface area contributed by atoms with Crippen LogP contribution in [0.5, 0.6) is 5.75 Å². The molecule has 0 radical (unpaired) electrons. The number of rotatable bonds is 5. The molecule has 0 bridgehead atoms. The highest BCUT2D eigenvalue weighted by molar-refractivity contribution is 5.95. The molecule has 1 aromatic rings. The van der Waals surface area contributed by atoms with Gasteiger partial charge < -0.3 is 15.4 Å². The Balaban J connectivity index is 0.00000264. The number of amides is 1. The monoisotopic (exact) mass is 343 g/mol. The Morgan fingerprint density at radius 1 is 1.52 bits per heavy atom. The average Bonchev–Trinajstić information content (AvgIpc) is 2.54. The van der Waals surface area contributed by atoms with E-state index in [9.17, 15) is 14.9 Å². The molecule has 1 heterocycles. The number of nitrogens with zero attached hydrogens (tertiary/aromatic N) is 1. The lowest BCUT2D eigenvalue weighted by Gasteiger charge is -2.28. The summed E-state index contributed by atoms with van der Waals surface area (Å²) in [5, 5.41) is 17.2. The molecule has 1 aliphatic heterocycles. The second kappa shape index (κ2) is 8.69. The van der Waals surface area contributed by atoms with Gasteiger partial charge in [0.1, 0.15) is 0 Å². The zero-order valence-corrected chi connectivity index (χ0v) is 14.0. The van der Waals surface area contributed by atoms with Crippen LogP contribution in [0, 0.1) is 16.0 Å². The molecule has 0 saturated carbocycles. The highest BCUT2D eigenvalue weighted by Crippen LogP contribution is 2.27. The number of hydrogen-bond donors (Lipinski definition) is 2. The van der Waals surface area contributed by atoms with E-state index < -0.39 is 4.92 Å². The normalized spacial score (nSPS) is 18.4. The topological polar surface area (TPSA) is 93.5 Å². The molecular formula is C15H22ClN3O4. The van der Waals surface area contributed by atoms with Crippen LogP contribution in [0.25, 0.3) is 0 Å². The van der Waals surface area contributed by atoms with Gasteiger partial charge in [0.25, 0.3) is 5.91 Å². The van der Waals surface area contributed by atoms with E-state index in [2.05, 4.69) is 10.6 Å². The first-order valence-corrected chi connectivity index (χ1v) is 7.37. The lowest BCUT2D eigenvalue weighted by atomic mass is 9.92. The van der Waals surface area contributed by atoms with Crippen LogP contribution in [0.1, 0.15) is 30.1 Å². The van der Waals surface area contributed by atoms with Crippen molar-refractivity contribution >= 4 is 24.0 Å². The molecule has 8 heteroatoms. The third-order valence-electron chi connectivity index (χ3n) is 4.04. The van der Waals surface area contributed by atoms with Crippen molar-refractivity contribution in [1.82, 2.24) is 10.6 Å². The number of piperidine rings is 1. The number of halogens is 1. The molecule has 128 valence electrons. The summed E-state index contributed by atoms with van der Waals surface area (Å²) in [7, 11) is 1.36. The van der Waals surface area contributed by atoms with Crippen molar-refractivity contribution in [3.05, 3.63) is 33.9 Å². The predicted molar refractivity (Wildman–Crippen MR) is 89.4 cm³/mol. The lowest BCUT2D eigenvalue weighted by molar-refractivity contribution is -0.385. The Morgan fingerprint density at radius 3 is 2.83 bits per heavy atom. The molecule has 1 saturated heterocycles. The molecule has 2 atom stereocenters. The van der Waals surface area contributed by atoms with E-state index in [1.165, 1.54) is 25.3 Å². The first-order chi connectivity index (χ1) is 10.5. The minimum Gasteiger partial charge on any atom is -0.490 e. The molecule has 2 N–H and O–H groups in total. The second-order valence-corrected chi connectivity index (χ2v) is 5.51. The van der Waals surface area contributed by atoms with Crippen LogP contribution in [0.15, 0.2) is 18.2 Å². The fraction of sp³-hybridized carbons (Fsp3) is 0.533. The van der Waals surface area contributed by atoms with Gasteiger partial charge in [0.2, 0.25) is 0 Å². The Labute approximate surface area is 141 Å². The van der Waals surface area contributed by atoms with Crippen LogP contribution in [0.4, 0.5) is 5.69 Å². The Hall–Kier alpha value is -1.86. The Morgan fingerprint density at radius 2 is 2.26 bits per heavy atom. The molecule has 7 nitrogen and oxygen atoms in total. The summed E-state index contributed by atoms with van der Waals surface area (Å²) in [6.45, 7) is 3.86. The largest absolute Gasteiger partial charge is 0.490 e. The quantitative estimate of drug-likeness (QED) is 0.631. The Kier molecular flexibility index (Phi) is 7.25. The van der Waals surface area contributed by atoms with Crippen LogP contribution in [0.2, 0.25) is 0 Å². The van der Waals surface area contributed by atoms with E-state index in [1.807, 2.05) is 6.92 Å². The number of nitro groups is 1. The fourth-order valence-corrected chi connectivity index (χ4v) is 2.69. The summed E-state index contributed by atoms with van der Waals surface area (Å²) in [4.78, 5) is 22.7. The third-order valence-corrected chi connectivity index (χ3v) is 4.04. The zero-order valence-electron chi connectivity index (χ0n) is 13.2. The smallest absolute Gasteiger partial charge is 0.311 e. The minimum absolute atomic E-state index is 0. The van der Waals surface area contributed by atoms with Crippen molar-refractivity contribution in [2.75, 3.05) is 20.2 Å². The van der Waals surface area contributed by atoms with E-state index in [0.29, 0.717) is 5.92 Å². The van der Waals surface area contributed by atoms with Gasteiger partial charge in [-0.05, 0) is 50.9 Å². The zero-order chi connectivity index (χ0) is 16.1. The standard InChI is InChI=1S/C15H21N3O4.ClH/c1-10(12-4-3-7-16-9-12)17-15(19)11-5-6-14(22-2)13(8-11)18(20)21;/h5-6,8,10,12,16H,3-4,7,9H2,1-2H3,(H,17,19);1H. The SMILES string of the molecule is COc1ccc(C(=O)NC(C)C2CCCNC2)cc1[N+](=O)[O-].Cl. The van der Waals surface area contributed by atoms with Gasteiger partial charge in [-0.1, -0.05) is 0 Å². The van der Waals surface area contributed by atoms with Crippen LogP contribution in [0.3, 0.4) is 0 Å². The lowest BCUT2D eigenvalue weighted by Crippen LogP contribution is -2.44. The van der Waals surface area contributed by atoms with E-state index in [-0.39, 0.29) is 41.4 Å². The molecule has 0 aliphatic carbocycles. The number of nitro benzene ring substituents is 1. The van der Waals surface area contributed by atoms with E-state index >= 15 is 0 Å². The molecule has 1 fully saturated rings. The molecule has 1 amide bonds. The summed E-state index contributed by atoms with van der Waals surface area (Å²) in [6.07, 6.45) is 2.16. The predicted octanol–water partition coefficient (Wildman–Crippen LogP) is 2.14. The number of carbonyl (C=O) groups is 1. The summed E-state index contributed by atoms with van der Waals surface area (Å²) in [5.41, 5.74) is 0.0604. The fourth-order valence-electron chi connectivity index (χ4n) is 2.69. The van der Waals surface area contributed by atoms with Gasteiger partial charge >= 0.3 is 5.69 Å². The number of methoxy groups -OCH3 is 1. The van der Waals surface area contributed by atoms with Crippen molar-refractivity contribution in [3.63, 3.8) is 0 Å². The number of carbonyl (C=O) groups excluding carboxylic acids is 1. The third kappa shape index (κ3) is 4.80. The van der Waals surface area contributed by atoms with Gasteiger partial charge in [-0.3, -0.25) is 14.9 Å². The van der Waals surface area contributed by atoms with Crippen molar-refractivity contribution in [2.45, 2.75) is 25.8 Å². The van der Waals surface area contributed by atoms with Gasteiger partial charge in [-0.25, -0.2) is 0 Å². The maximum atomic E-state index is 12.3. The van der Waals surface area contributed by atoms with Crippen LogP contribution in [-0.2, 0) is 0 Å². The number of nitrogens with one attached hydrogen (secondary N) is 2. The van der Waals surface area contributed by atoms with E-state index in [0.717, 1.165) is 25.9 Å². The summed E-state index contributed by atoms with van der Waals surface area (Å²) in [6, 6.07) is 4.24. The van der Waals surface area contributed by atoms with Crippen molar-refractivity contribution < 1.29 is 14.5 Å². The number of benzene rings is 1. The van der Waals surface area contributed by atoms with E-state index in [4.69, 9.17) is 4.74 Å². The van der Waals surface area contributed by atoms with Crippen molar-refractivity contribution in [1.29, 1.82) is 0 Å². The number of hydrogen-bond acceptors (Lipinski definition) is 5. The van der Waals surface area contributed by atoms with Gasteiger partial charge in [0.15, 0.2) is 5.75 Å². The minimum atomic E-state index is -0.551. The first-order valence-electron chi connectivity index (χ1n) is 7.37. The van der Waals surface area contributed by atoms with Crippen LogP contribution < -0.4 is 15.4 Å². The number of ether oxygens (including phenoxy) is 1. The molecular weight excluding hydrogens is 322 g/mol. The van der Waals surface area contributed by atoms with Gasteiger partial charge in [0.05, 0.1) is 12.0 Å². The van der Waals surface area contributed by atoms with E-state index in [1.54, 1.807) is 0 Å². The van der Waals surface area contributed by atoms with Crippen molar-refractivity contribution in [3.8, 4) is 5.75 Å². The molecule has 2 rings (SSSR count). The molecule has 0 aromatic heterocycles. The van der Waals surface area contributed by atoms with Gasteiger partial charge in [-0.2, -0.15) is 0 Å². The maximum absolute atomic E-state index is 12.3. The van der Waals surface area contributed by atoms with Crippen LogP contribution in [-0.4, -0.2) is 37.1 Å². The molecule has 0 spiro atoms. The van der Waals surface area contributed by atoms with Crippen LogP contribution >= 0.6 is 12.4 Å². The highest BCUT2D eigenvalue weighted by atomic mass is 35.5. The summed E-state index contributed by atoms with van der Waals surface area (Å²) in [5.74, 6) is 0.223. The summed E-state index contributed by atoms with van der Waals surface area (Å²) >= 11 is 0. The Bertz CT molecular complexity index is 562. The molecule has 2 unspecified atom stereocenters. The summed E-state index contributed by atoms with van der Waals surface area (Å²) < 4.78 is 4.94. The highest BCUT2D eigenvalue weighted by Gasteiger charge is 2.23. The molecule has 1 aromatic carbocycles. The maximum Gasteiger partial charge on any atom is 0.311 e. The first kappa shape index (κ1) is 19.2. The van der Waals surface area contributed by atoms with Crippen molar-refractivity contribution in [2.24, 2.45) is 5.92 Å². The second-order valence-electron chi connectivity index (χ2n) is 5.51. The van der Waals surface area contributed by atoms with Gasteiger partial charge in [0, 0.05) is 17.7 Å². The average molecular weight is 344 g/mol. The molecule has 1 aliphatic rings. The molecule has 23 heavy (non-hydrogen) atoms.